The van der Waals surface area contributed by atoms with Crippen LogP contribution in [0.15, 0.2) is 231 Å². The van der Waals surface area contributed by atoms with Crippen molar-refractivity contribution >= 4 is 99.0 Å². The predicted octanol–water partition coefficient (Wildman–Crippen LogP) is 16.3. The second-order valence-corrected chi connectivity index (χ2v) is 16.6. The summed E-state index contributed by atoms with van der Waals surface area (Å²) < 4.78 is 3.59. The van der Waals surface area contributed by atoms with Crippen LogP contribution in [0.5, 0.6) is 0 Å². The van der Waals surface area contributed by atoms with Gasteiger partial charge in [-0.3, -0.25) is 0 Å². The summed E-state index contributed by atoms with van der Waals surface area (Å²) in [4.78, 5) is 10.0. The fourth-order valence-corrected chi connectivity index (χ4v) is 10.3. The lowest BCUT2D eigenvalue weighted by molar-refractivity contribution is 1.18. The molecule has 12 aromatic rings. The molecule has 0 N–H and O–H groups in total. The van der Waals surface area contributed by atoms with Gasteiger partial charge >= 0.3 is 0 Å². The first kappa shape index (κ1) is 35.9. The molecule has 0 aliphatic carbocycles. The molecule has 0 saturated carbocycles. The van der Waals surface area contributed by atoms with Crippen molar-refractivity contribution in [1.82, 2.24) is 9.55 Å². The third-order valence-electron chi connectivity index (χ3n) is 11.9. The number of aromatic nitrogens is 2. The summed E-state index contributed by atoms with van der Waals surface area (Å²) in [5, 5.41) is 8.37. The number of anilines is 6. The summed E-state index contributed by atoms with van der Waals surface area (Å²) in [6.45, 7) is 0. The highest BCUT2D eigenvalue weighted by molar-refractivity contribution is 7.22. The molecule has 0 bridgehead atoms. The maximum absolute atomic E-state index is 5.33. The Hall–Kier alpha value is -7.99. The number of hydrogen-bond acceptors (Lipinski definition) is 4. The quantitative estimate of drug-likeness (QED) is 0.143. The van der Waals surface area contributed by atoms with E-state index in [-0.39, 0.29) is 0 Å². The first-order chi connectivity index (χ1) is 30.8. The van der Waals surface area contributed by atoms with Crippen LogP contribution < -0.4 is 9.80 Å². The lowest BCUT2D eigenvalue weighted by Gasteiger charge is -2.29. The second-order valence-electron chi connectivity index (χ2n) is 15.6. The van der Waals surface area contributed by atoms with Crippen molar-refractivity contribution in [3.05, 3.63) is 231 Å². The van der Waals surface area contributed by atoms with Gasteiger partial charge in [-0.25, -0.2) is 4.98 Å². The summed E-state index contributed by atoms with van der Waals surface area (Å²) in [7, 11) is 0. The molecule has 2 heterocycles. The van der Waals surface area contributed by atoms with Crippen LogP contribution in [0, 0.1) is 0 Å². The number of hydrogen-bond donors (Lipinski definition) is 0. The van der Waals surface area contributed by atoms with Gasteiger partial charge in [0, 0.05) is 66.9 Å². The Labute approximate surface area is 363 Å². The Morgan fingerprint density at radius 2 is 0.806 bits per heavy atom. The summed E-state index contributed by atoms with van der Waals surface area (Å²) in [6, 6.07) is 82.6. The van der Waals surface area contributed by atoms with Gasteiger partial charge in [-0.1, -0.05) is 127 Å². The molecule has 62 heavy (non-hydrogen) atoms. The van der Waals surface area contributed by atoms with Crippen molar-refractivity contribution in [3.8, 4) is 16.3 Å². The Balaban J connectivity index is 1.03. The van der Waals surface area contributed by atoms with Gasteiger partial charge in [0.15, 0.2) is 0 Å². The highest BCUT2D eigenvalue weighted by atomic mass is 32.1. The van der Waals surface area contributed by atoms with Crippen molar-refractivity contribution in [2.24, 2.45) is 0 Å². The second kappa shape index (κ2) is 14.9. The lowest BCUT2D eigenvalue weighted by atomic mass is 10.0. The molecule has 0 amide bonds. The predicted molar refractivity (Wildman–Crippen MR) is 264 cm³/mol. The molecule has 12 rings (SSSR count). The van der Waals surface area contributed by atoms with E-state index >= 15 is 0 Å². The fourth-order valence-electron chi connectivity index (χ4n) is 9.18. The molecular weight excluding hydrogens is 773 g/mol. The van der Waals surface area contributed by atoms with E-state index in [1.54, 1.807) is 11.3 Å². The molecule has 0 saturated heterocycles. The van der Waals surface area contributed by atoms with Crippen molar-refractivity contribution in [2.75, 3.05) is 9.80 Å². The largest absolute Gasteiger partial charge is 0.310 e. The highest BCUT2D eigenvalue weighted by Gasteiger charge is 2.21. The molecule has 292 valence electrons. The molecule has 0 aliphatic rings. The van der Waals surface area contributed by atoms with Gasteiger partial charge < -0.3 is 14.4 Å². The van der Waals surface area contributed by atoms with Gasteiger partial charge in [0.05, 0.1) is 21.3 Å². The lowest BCUT2D eigenvalue weighted by Crippen LogP contribution is -2.13. The van der Waals surface area contributed by atoms with E-state index in [1.807, 2.05) is 0 Å². The van der Waals surface area contributed by atoms with Crippen molar-refractivity contribution < 1.29 is 0 Å². The highest BCUT2D eigenvalue weighted by Crippen LogP contribution is 2.45. The summed E-state index contributed by atoms with van der Waals surface area (Å²) in [5.41, 5.74) is 12.1. The van der Waals surface area contributed by atoms with E-state index in [2.05, 4.69) is 245 Å². The van der Waals surface area contributed by atoms with E-state index in [0.717, 1.165) is 55.9 Å². The molecule has 10 aromatic carbocycles. The first-order valence-electron chi connectivity index (χ1n) is 21.0. The average Bonchev–Trinajstić information content (AvgIpc) is 3.94. The zero-order chi connectivity index (χ0) is 41.0. The summed E-state index contributed by atoms with van der Waals surface area (Å²) in [6.07, 6.45) is 0. The van der Waals surface area contributed by atoms with E-state index in [9.17, 15) is 0 Å². The minimum Gasteiger partial charge on any atom is -0.310 e. The topological polar surface area (TPSA) is 24.3 Å². The molecular formula is C57H38N4S. The minimum absolute atomic E-state index is 1.01. The molecule has 0 atom stereocenters. The Morgan fingerprint density at radius 1 is 0.339 bits per heavy atom. The summed E-state index contributed by atoms with van der Waals surface area (Å²) in [5.74, 6) is 0. The normalized spacial score (nSPS) is 11.5. The number of fused-ring (bicyclic) bond motifs is 9. The van der Waals surface area contributed by atoms with E-state index in [0.29, 0.717) is 0 Å². The smallest absolute Gasteiger partial charge is 0.124 e. The molecule has 0 spiro atoms. The SMILES string of the molecule is c1ccc(N(c2ccccc2)c2cccc(N(c3ccc(-c4nc5c6ccccc6c6ccccc6c5s4)cc3)c3ccc4c(c3)c3ccccc3n4-c3ccccc3)c2)cc1. The van der Waals surface area contributed by atoms with E-state index in [1.165, 1.54) is 48.1 Å². The number of rotatable bonds is 8. The maximum Gasteiger partial charge on any atom is 0.124 e. The van der Waals surface area contributed by atoms with Gasteiger partial charge in [0.1, 0.15) is 5.01 Å². The number of benzene rings is 10. The standard InChI is InChI=1S/C57H38N4S/c1-4-17-40(18-5-1)59(41-19-6-2-7-20-41)44-23-16-24-45(37-44)60(46-35-36-54-52(38-46)49-27-14-15-30-53(49)61(54)42-21-8-3-9-22-42)43-33-31-39(32-34-43)57-58-55-50-28-12-10-25-47(50)48-26-11-13-29-51(48)56(55)62-57/h1-38H. The maximum atomic E-state index is 5.33. The zero-order valence-electron chi connectivity index (χ0n) is 33.6. The van der Waals surface area contributed by atoms with E-state index in [4.69, 9.17) is 4.98 Å². The monoisotopic (exact) mass is 810 g/mol. The van der Waals surface area contributed by atoms with Crippen LogP contribution in [-0.4, -0.2) is 9.55 Å². The van der Waals surface area contributed by atoms with Crippen LogP contribution in [-0.2, 0) is 0 Å². The summed E-state index contributed by atoms with van der Waals surface area (Å²) >= 11 is 1.77. The molecule has 5 heteroatoms. The van der Waals surface area contributed by atoms with E-state index < -0.39 is 0 Å². The van der Waals surface area contributed by atoms with Crippen LogP contribution in [0.3, 0.4) is 0 Å². The van der Waals surface area contributed by atoms with Gasteiger partial charge in [-0.05, 0) is 114 Å². The van der Waals surface area contributed by atoms with Crippen molar-refractivity contribution in [1.29, 1.82) is 0 Å². The minimum atomic E-state index is 1.01. The molecule has 0 aliphatic heterocycles. The third-order valence-corrected chi connectivity index (χ3v) is 13.1. The molecule has 0 radical (unpaired) electrons. The molecule has 4 nitrogen and oxygen atoms in total. The number of thiazole rings is 1. The van der Waals surface area contributed by atoms with Crippen LogP contribution in [0.1, 0.15) is 0 Å². The van der Waals surface area contributed by atoms with Crippen LogP contribution in [0.25, 0.3) is 69.8 Å². The van der Waals surface area contributed by atoms with Gasteiger partial charge in [-0.2, -0.15) is 0 Å². The first-order valence-corrected chi connectivity index (χ1v) is 21.8. The van der Waals surface area contributed by atoms with Crippen LogP contribution in [0.4, 0.5) is 34.1 Å². The van der Waals surface area contributed by atoms with Crippen molar-refractivity contribution in [3.63, 3.8) is 0 Å². The molecule has 0 fully saturated rings. The Bertz CT molecular complexity index is 3470. The third kappa shape index (κ3) is 6.01. The molecule has 2 aromatic heterocycles. The van der Waals surface area contributed by atoms with Gasteiger partial charge in [0.2, 0.25) is 0 Å². The average molecular weight is 811 g/mol. The van der Waals surface area contributed by atoms with Gasteiger partial charge in [0.25, 0.3) is 0 Å². The number of nitrogens with zero attached hydrogens (tertiary/aromatic N) is 4. The van der Waals surface area contributed by atoms with Crippen LogP contribution in [0.2, 0.25) is 0 Å². The van der Waals surface area contributed by atoms with Gasteiger partial charge in [-0.15, -0.1) is 11.3 Å². The fraction of sp³-hybridized carbons (Fsp3) is 0. The molecule has 0 unspecified atom stereocenters. The Morgan fingerprint density at radius 3 is 1.48 bits per heavy atom. The zero-order valence-corrected chi connectivity index (χ0v) is 34.5. The van der Waals surface area contributed by atoms with Crippen LogP contribution >= 0.6 is 11.3 Å². The number of para-hydroxylation sites is 4. The Kier molecular flexibility index (Phi) is 8.65. The van der Waals surface area contributed by atoms with Crippen molar-refractivity contribution in [2.45, 2.75) is 0 Å².